The number of ether oxygens (including phenoxy) is 1. The first-order valence-electron chi connectivity index (χ1n) is 9.87. The van der Waals surface area contributed by atoms with Gasteiger partial charge in [0.25, 0.3) is 15.9 Å². The van der Waals surface area contributed by atoms with Crippen LogP contribution in [0.4, 0.5) is 11.4 Å². The Hall–Kier alpha value is -3.58. The third kappa shape index (κ3) is 3.80. The molecule has 4 rings (SSSR count). The number of hydrogen-bond donors (Lipinski definition) is 1. The van der Waals surface area contributed by atoms with Gasteiger partial charge in [0.15, 0.2) is 0 Å². The van der Waals surface area contributed by atoms with Gasteiger partial charge in [0.2, 0.25) is 0 Å². The van der Waals surface area contributed by atoms with Crippen molar-refractivity contribution in [2.45, 2.75) is 11.8 Å². The fourth-order valence-electron chi connectivity index (χ4n) is 3.64. The molecule has 158 valence electrons. The minimum Gasteiger partial charge on any atom is -0.489 e. The lowest BCUT2D eigenvalue weighted by molar-refractivity contribution is 0.102. The summed E-state index contributed by atoms with van der Waals surface area (Å²) < 4.78 is 32.9. The number of carbonyl (C=O) groups is 1. The number of benzene rings is 3. The molecule has 1 heterocycles. The molecule has 0 saturated carbocycles. The van der Waals surface area contributed by atoms with Crippen LogP contribution in [0.25, 0.3) is 11.1 Å². The first kappa shape index (κ1) is 20.7. The van der Waals surface area contributed by atoms with E-state index in [-0.39, 0.29) is 10.8 Å². The summed E-state index contributed by atoms with van der Waals surface area (Å²) in [5.74, 6) is 0.332. The zero-order valence-electron chi connectivity index (χ0n) is 17.0. The number of nitrogens with one attached hydrogen (secondary N) is 1. The fourth-order valence-corrected chi connectivity index (χ4v) is 5.34. The van der Waals surface area contributed by atoms with Gasteiger partial charge in [-0.25, -0.2) is 8.42 Å². The van der Waals surface area contributed by atoms with Gasteiger partial charge >= 0.3 is 0 Å². The van der Waals surface area contributed by atoms with Crippen molar-refractivity contribution in [3.8, 4) is 16.9 Å². The Balaban J connectivity index is 1.69. The average molecular weight is 435 g/mol. The largest absolute Gasteiger partial charge is 0.489 e. The summed E-state index contributed by atoms with van der Waals surface area (Å²) in [7, 11) is -3.63. The van der Waals surface area contributed by atoms with Crippen LogP contribution >= 0.6 is 0 Å². The molecule has 0 unspecified atom stereocenters. The Kier molecular flexibility index (Phi) is 5.52. The van der Waals surface area contributed by atoms with Crippen LogP contribution in [0.1, 0.15) is 17.3 Å². The summed E-state index contributed by atoms with van der Waals surface area (Å²) in [4.78, 5) is 13.2. The SMILES string of the molecule is C=CCOc1cccc(NC(=O)c2ccc3c(c2)-c2ccccc2S(=O)(=O)N3CC)c1. The molecular formula is C24H22N2O4S. The molecule has 0 saturated heterocycles. The molecule has 1 N–H and O–H groups in total. The summed E-state index contributed by atoms with van der Waals surface area (Å²) in [5.41, 5.74) is 2.90. The number of carbonyl (C=O) groups excluding carboxylic acids is 1. The molecular weight excluding hydrogens is 412 g/mol. The number of amides is 1. The molecule has 0 fully saturated rings. The van der Waals surface area contributed by atoms with Crippen LogP contribution in [-0.2, 0) is 10.0 Å². The van der Waals surface area contributed by atoms with Gasteiger partial charge in [0.1, 0.15) is 12.4 Å². The highest BCUT2D eigenvalue weighted by atomic mass is 32.2. The van der Waals surface area contributed by atoms with E-state index in [9.17, 15) is 13.2 Å². The molecule has 3 aromatic carbocycles. The van der Waals surface area contributed by atoms with Gasteiger partial charge in [-0.2, -0.15) is 0 Å². The highest BCUT2D eigenvalue weighted by Gasteiger charge is 2.34. The number of sulfonamides is 1. The lowest BCUT2D eigenvalue weighted by Gasteiger charge is -2.31. The van der Waals surface area contributed by atoms with Crippen molar-refractivity contribution in [3.05, 3.63) is 84.9 Å². The zero-order valence-corrected chi connectivity index (χ0v) is 17.9. The molecule has 0 spiro atoms. The van der Waals surface area contributed by atoms with E-state index in [1.807, 2.05) is 0 Å². The molecule has 3 aromatic rings. The summed E-state index contributed by atoms with van der Waals surface area (Å²) in [5, 5.41) is 2.87. The van der Waals surface area contributed by atoms with E-state index >= 15 is 0 Å². The summed E-state index contributed by atoms with van der Waals surface area (Å²) >= 11 is 0. The molecule has 1 aliphatic rings. The van der Waals surface area contributed by atoms with Gasteiger partial charge in [-0.3, -0.25) is 9.10 Å². The first-order chi connectivity index (χ1) is 15.0. The maximum atomic E-state index is 13.0. The predicted molar refractivity (Wildman–Crippen MR) is 122 cm³/mol. The van der Waals surface area contributed by atoms with Crippen LogP contribution in [0.3, 0.4) is 0 Å². The van der Waals surface area contributed by atoms with Crippen molar-refractivity contribution in [2.75, 3.05) is 22.8 Å². The fraction of sp³-hybridized carbons (Fsp3) is 0.125. The van der Waals surface area contributed by atoms with Crippen molar-refractivity contribution in [1.29, 1.82) is 0 Å². The smallest absolute Gasteiger partial charge is 0.264 e. The van der Waals surface area contributed by atoms with Crippen molar-refractivity contribution in [1.82, 2.24) is 0 Å². The van der Waals surface area contributed by atoms with E-state index < -0.39 is 10.0 Å². The Labute approximate surface area is 181 Å². The third-order valence-electron chi connectivity index (χ3n) is 5.02. The predicted octanol–water partition coefficient (Wildman–Crippen LogP) is 4.70. The molecule has 0 bridgehead atoms. The van der Waals surface area contributed by atoms with Crippen LogP contribution in [0, 0.1) is 0 Å². The molecule has 0 aromatic heterocycles. The molecule has 0 aliphatic carbocycles. The minimum absolute atomic E-state index is 0.244. The topological polar surface area (TPSA) is 75.7 Å². The van der Waals surface area contributed by atoms with Gasteiger partial charge in [-0.15, -0.1) is 0 Å². The van der Waals surface area contributed by atoms with E-state index in [4.69, 9.17) is 4.74 Å². The van der Waals surface area contributed by atoms with Crippen molar-refractivity contribution < 1.29 is 17.9 Å². The molecule has 7 heteroatoms. The molecule has 0 radical (unpaired) electrons. The van der Waals surface area contributed by atoms with Crippen LogP contribution in [0.5, 0.6) is 5.75 Å². The van der Waals surface area contributed by atoms with E-state index in [0.29, 0.717) is 47.0 Å². The zero-order chi connectivity index (χ0) is 22.0. The third-order valence-corrected chi connectivity index (χ3v) is 6.97. The maximum absolute atomic E-state index is 13.0. The van der Waals surface area contributed by atoms with Gasteiger partial charge in [0.05, 0.1) is 10.6 Å². The quantitative estimate of drug-likeness (QED) is 0.571. The van der Waals surface area contributed by atoms with Crippen LogP contribution in [0.2, 0.25) is 0 Å². The maximum Gasteiger partial charge on any atom is 0.264 e. The Morgan fingerprint density at radius 2 is 1.87 bits per heavy atom. The molecule has 0 atom stereocenters. The van der Waals surface area contributed by atoms with E-state index in [2.05, 4.69) is 11.9 Å². The van der Waals surface area contributed by atoms with Crippen LogP contribution in [0.15, 0.2) is 84.3 Å². The molecule has 6 nitrogen and oxygen atoms in total. The van der Waals surface area contributed by atoms with Gasteiger partial charge in [0, 0.05) is 35.0 Å². The molecule has 31 heavy (non-hydrogen) atoms. The lowest BCUT2D eigenvalue weighted by Crippen LogP contribution is -2.34. The highest BCUT2D eigenvalue weighted by molar-refractivity contribution is 7.93. The monoisotopic (exact) mass is 434 g/mol. The van der Waals surface area contributed by atoms with Crippen molar-refractivity contribution in [3.63, 3.8) is 0 Å². The second-order valence-electron chi connectivity index (χ2n) is 6.98. The van der Waals surface area contributed by atoms with Crippen LogP contribution < -0.4 is 14.4 Å². The number of fused-ring (bicyclic) bond motifs is 3. The first-order valence-corrected chi connectivity index (χ1v) is 11.3. The average Bonchev–Trinajstić information content (AvgIpc) is 2.78. The van der Waals surface area contributed by atoms with E-state index in [1.54, 1.807) is 79.7 Å². The van der Waals surface area contributed by atoms with E-state index in [0.717, 1.165) is 0 Å². The lowest BCUT2D eigenvalue weighted by atomic mass is 10.00. The Morgan fingerprint density at radius 1 is 1.06 bits per heavy atom. The summed E-state index contributed by atoms with van der Waals surface area (Å²) in [6.07, 6.45) is 1.65. The second-order valence-corrected chi connectivity index (χ2v) is 8.81. The Morgan fingerprint density at radius 3 is 2.65 bits per heavy atom. The van der Waals surface area contributed by atoms with E-state index in [1.165, 1.54) is 4.31 Å². The normalized spacial score (nSPS) is 13.6. The summed E-state index contributed by atoms with van der Waals surface area (Å²) in [6, 6.07) is 19.0. The minimum atomic E-state index is -3.63. The number of nitrogens with zero attached hydrogens (tertiary/aromatic N) is 1. The van der Waals surface area contributed by atoms with Gasteiger partial charge < -0.3 is 10.1 Å². The second kappa shape index (κ2) is 8.28. The van der Waals surface area contributed by atoms with Crippen LogP contribution in [-0.4, -0.2) is 27.5 Å². The van der Waals surface area contributed by atoms with Gasteiger partial charge in [-0.05, 0) is 43.3 Å². The summed E-state index contributed by atoms with van der Waals surface area (Å²) in [6.45, 7) is 6.08. The number of rotatable bonds is 6. The molecule has 1 aliphatic heterocycles. The van der Waals surface area contributed by atoms with Crippen molar-refractivity contribution >= 4 is 27.3 Å². The highest BCUT2D eigenvalue weighted by Crippen LogP contribution is 2.43. The molecule has 1 amide bonds. The number of anilines is 2. The van der Waals surface area contributed by atoms with Crippen molar-refractivity contribution in [2.24, 2.45) is 0 Å². The van der Waals surface area contributed by atoms with Gasteiger partial charge in [-0.1, -0.05) is 36.9 Å². The number of hydrogen-bond acceptors (Lipinski definition) is 4. The Bertz CT molecular complexity index is 1270. The standard InChI is InChI=1S/C24H22N2O4S/c1-3-14-30-19-9-7-8-18(16-19)25-24(27)17-12-13-22-21(15-17)20-10-5-6-11-23(20)31(28,29)26(22)4-2/h3,5-13,15-16H,1,4,14H2,2H3,(H,25,27).